The van der Waals surface area contributed by atoms with Gasteiger partial charge in [0.2, 0.25) is 5.91 Å². The van der Waals surface area contributed by atoms with Crippen LogP contribution < -0.4 is 4.90 Å². The number of anilines is 1. The van der Waals surface area contributed by atoms with Gasteiger partial charge >= 0.3 is 6.03 Å². The van der Waals surface area contributed by atoms with Crippen LogP contribution in [0.15, 0.2) is 30.3 Å². The largest absolute Gasteiger partial charge is 0.340 e. The number of hydrogen-bond donors (Lipinski definition) is 0. The van der Waals surface area contributed by atoms with Crippen LogP contribution in [-0.2, 0) is 9.59 Å². The molecule has 0 spiro atoms. The number of amides is 4. The molecule has 1 unspecified atom stereocenters. The van der Waals surface area contributed by atoms with E-state index in [1.807, 2.05) is 49.1 Å². The molecule has 2 saturated heterocycles. The van der Waals surface area contributed by atoms with Crippen molar-refractivity contribution in [2.75, 3.05) is 37.7 Å². The molecule has 2 heterocycles. The lowest BCUT2D eigenvalue weighted by atomic mass is 10.1. The van der Waals surface area contributed by atoms with Gasteiger partial charge in [-0.1, -0.05) is 32.0 Å². The van der Waals surface area contributed by atoms with Crippen LogP contribution in [-0.4, -0.2) is 71.4 Å². The number of benzene rings is 1. The van der Waals surface area contributed by atoms with E-state index in [1.54, 1.807) is 11.8 Å². The molecular weight excluding hydrogens is 332 g/mol. The maximum absolute atomic E-state index is 12.8. The number of imide groups is 1. The van der Waals surface area contributed by atoms with E-state index in [0.717, 1.165) is 5.69 Å². The van der Waals surface area contributed by atoms with Crippen molar-refractivity contribution in [2.45, 2.75) is 26.8 Å². The molecule has 26 heavy (non-hydrogen) atoms. The Morgan fingerprint density at radius 2 is 1.69 bits per heavy atom. The van der Waals surface area contributed by atoms with Crippen molar-refractivity contribution >= 4 is 23.5 Å². The van der Waals surface area contributed by atoms with Crippen LogP contribution in [0.1, 0.15) is 20.8 Å². The summed E-state index contributed by atoms with van der Waals surface area (Å²) in [5.74, 6) is -0.0371. The van der Waals surface area contributed by atoms with Gasteiger partial charge in [-0.3, -0.25) is 19.4 Å². The van der Waals surface area contributed by atoms with E-state index in [2.05, 4.69) is 4.90 Å². The quantitative estimate of drug-likeness (QED) is 0.767. The Hall–Kier alpha value is -2.41. The van der Waals surface area contributed by atoms with Gasteiger partial charge < -0.3 is 4.90 Å². The summed E-state index contributed by atoms with van der Waals surface area (Å²) in [5, 5.41) is 0. The van der Waals surface area contributed by atoms with Crippen LogP contribution in [0.25, 0.3) is 0 Å². The molecule has 2 fully saturated rings. The highest BCUT2D eigenvalue weighted by atomic mass is 16.2. The second-order valence-electron chi connectivity index (χ2n) is 7.17. The Labute approximate surface area is 154 Å². The van der Waals surface area contributed by atoms with E-state index in [4.69, 9.17) is 0 Å². The molecule has 0 saturated carbocycles. The maximum Gasteiger partial charge on any atom is 0.333 e. The first-order chi connectivity index (χ1) is 12.4. The summed E-state index contributed by atoms with van der Waals surface area (Å²) in [6.45, 7) is 8.41. The van der Waals surface area contributed by atoms with Crippen LogP contribution >= 0.6 is 0 Å². The monoisotopic (exact) mass is 358 g/mol. The van der Waals surface area contributed by atoms with Gasteiger partial charge in [-0.05, 0) is 19.1 Å². The number of rotatable bonds is 4. The minimum absolute atomic E-state index is 0.0106. The second kappa shape index (κ2) is 7.45. The van der Waals surface area contributed by atoms with E-state index < -0.39 is 6.04 Å². The molecule has 0 bridgehead atoms. The predicted molar refractivity (Wildman–Crippen MR) is 98.5 cm³/mol. The molecule has 2 aliphatic rings. The van der Waals surface area contributed by atoms with Crippen LogP contribution in [0.5, 0.6) is 0 Å². The number of urea groups is 1. The van der Waals surface area contributed by atoms with Gasteiger partial charge in [0.15, 0.2) is 0 Å². The van der Waals surface area contributed by atoms with E-state index in [-0.39, 0.29) is 30.4 Å². The summed E-state index contributed by atoms with van der Waals surface area (Å²) in [6, 6.07) is 8.47. The first kappa shape index (κ1) is 18.4. The first-order valence-corrected chi connectivity index (χ1v) is 9.11. The number of piperazine rings is 1. The highest BCUT2D eigenvalue weighted by Gasteiger charge is 2.44. The van der Waals surface area contributed by atoms with Crippen molar-refractivity contribution in [3.05, 3.63) is 30.3 Å². The normalized spacial score (nSPS) is 21.8. The minimum atomic E-state index is -0.506. The fourth-order valence-corrected chi connectivity index (χ4v) is 3.45. The zero-order valence-electron chi connectivity index (χ0n) is 15.6. The Kier molecular flexibility index (Phi) is 5.27. The first-order valence-electron chi connectivity index (χ1n) is 9.11. The fraction of sp³-hybridized carbons (Fsp3) is 0.526. The van der Waals surface area contributed by atoms with Crippen molar-refractivity contribution in [3.63, 3.8) is 0 Å². The molecule has 4 amide bonds. The zero-order valence-corrected chi connectivity index (χ0v) is 15.6. The average Bonchev–Trinajstić information content (AvgIpc) is 2.86. The topological polar surface area (TPSA) is 64.2 Å². The number of carbonyl (C=O) groups excluding carboxylic acids is 3. The van der Waals surface area contributed by atoms with Gasteiger partial charge in [0.25, 0.3) is 5.91 Å². The third kappa shape index (κ3) is 3.44. The van der Waals surface area contributed by atoms with Crippen molar-refractivity contribution in [2.24, 2.45) is 5.92 Å². The average molecular weight is 358 g/mol. The zero-order chi connectivity index (χ0) is 18.8. The molecule has 0 aromatic heterocycles. The smallest absolute Gasteiger partial charge is 0.333 e. The van der Waals surface area contributed by atoms with Gasteiger partial charge in [-0.25, -0.2) is 9.69 Å². The summed E-state index contributed by atoms with van der Waals surface area (Å²) < 4.78 is 0. The third-order valence-electron chi connectivity index (χ3n) is 5.00. The van der Waals surface area contributed by atoms with Gasteiger partial charge in [0.1, 0.15) is 6.04 Å². The number of carbonyl (C=O) groups is 3. The molecule has 1 atom stereocenters. The molecule has 7 heteroatoms. The summed E-state index contributed by atoms with van der Waals surface area (Å²) in [7, 11) is 0. The van der Waals surface area contributed by atoms with E-state index in [9.17, 15) is 14.4 Å². The SMILES string of the molecule is CC(C)C(=O)N1CCN(CN2C(=O)C(C)N(c3ccccc3)C2=O)CC1. The predicted octanol–water partition coefficient (Wildman–Crippen LogP) is 1.60. The molecule has 3 rings (SSSR count). The summed E-state index contributed by atoms with van der Waals surface area (Å²) >= 11 is 0. The van der Waals surface area contributed by atoms with Crippen LogP contribution in [0.4, 0.5) is 10.5 Å². The van der Waals surface area contributed by atoms with Crippen molar-refractivity contribution in [1.29, 1.82) is 0 Å². The van der Waals surface area contributed by atoms with E-state index in [1.165, 1.54) is 4.90 Å². The lowest BCUT2D eigenvalue weighted by Gasteiger charge is -2.36. The van der Waals surface area contributed by atoms with E-state index in [0.29, 0.717) is 26.2 Å². The van der Waals surface area contributed by atoms with Crippen LogP contribution in [0.2, 0.25) is 0 Å². The number of hydrogen-bond acceptors (Lipinski definition) is 4. The standard InChI is InChI=1S/C19H26N4O3/c1-14(2)17(24)21-11-9-20(10-12-21)13-22-18(25)15(3)23(19(22)26)16-7-5-4-6-8-16/h4-8,14-15H,9-13H2,1-3H3. The summed E-state index contributed by atoms with van der Waals surface area (Å²) in [4.78, 5) is 44.3. The van der Waals surface area contributed by atoms with Gasteiger partial charge in [-0.15, -0.1) is 0 Å². The molecule has 1 aromatic rings. The second-order valence-corrected chi connectivity index (χ2v) is 7.17. The molecule has 140 valence electrons. The minimum Gasteiger partial charge on any atom is -0.340 e. The summed E-state index contributed by atoms with van der Waals surface area (Å²) in [6.07, 6.45) is 0. The molecule has 0 radical (unpaired) electrons. The highest BCUT2D eigenvalue weighted by Crippen LogP contribution is 2.25. The maximum atomic E-state index is 12.8. The molecule has 7 nitrogen and oxygen atoms in total. The molecule has 0 N–H and O–H groups in total. The third-order valence-corrected chi connectivity index (χ3v) is 5.00. The van der Waals surface area contributed by atoms with Gasteiger partial charge in [-0.2, -0.15) is 0 Å². The fourth-order valence-electron chi connectivity index (χ4n) is 3.45. The molecular formula is C19H26N4O3. The van der Waals surface area contributed by atoms with Crippen molar-refractivity contribution in [3.8, 4) is 0 Å². The van der Waals surface area contributed by atoms with Crippen LogP contribution in [0.3, 0.4) is 0 Å². The molecule has 1 aromatic carbocycles. The molecule has 0 aliphatic carbocycles. The Bertz CT molecular complexity index is 683. The number of nitrogens with zero attached hydrogens (tertiary/aromatic N) is 4. The van der Waals surface area contributed by atoms with Gasteiger partial charge in [0, 0.05) is 37.8 Å². The Morgan fingerprint density at radius 3 is 2.27 bits per heavy atom. The number of para-hydroxylation sites is 1. The van der Waals surface area contributed by atoms with E-state index >= 15 is 0 Å². The highest BCUT2D eigenvalue weighted by molar-refractivity contribution is 6.14. The lowest BCUT2D eigenvalue weighted by Crippen LogP contribution is -2.53. The Morgan fingerprint density at radius 1 is 1.08 bits per heavy atom. The van der Waals surface area contributed by atoms with Crippen molar-refractivity contribution in [1.82, 2.24) is 14.7 Å². The molecule has 2 aliphatic heterocycles. The van der Waals surface area contributed by atoms with Crippen molar-refractivity contribution < 1.29 is 14.4 Å². The lowest BCUT2D eigenvalue weighted by molar-refractivity contribution is -0.137. The van der Waals surface area contributed by atoms with Crippen LogP contribution in [0, 0.1) is 5.92 Å². The van der Waals surface area contributed by atoms with Gasteiger partial charge in [0.05, 0.1) is 6.67 Å². The summed E-state index contributed by atoms with van der Waals surface area (Å²) in [5.41, 5.74) is 0.730. The Balaban J connectivity index is 1.63.